The summed E-state index contributed by atoms with van der Waals surface area (Å²) in [6.45, 7) is 3.97. The first-order chi connectivity index (χ1) is 11.3. The fourth-order valence-corrected chi connectivity index (χ4v) is 5.56. The normalized spacial score (nSPS) is 19.2. The molecule has 1 unspecified atom stereocenters. The summed E-state index contributed by atoms with van der Waals surface area (Å²) in [6, 6.07) is 3.19. The predicted octanol–water partition coefficient (Wildman–Crippen LogP) is 2.72. The van der Waals surface area contributed by atoms with Gasteiger partial charge in [0.05, 0.1) is 12.0 Å². The van der Waals surface area contributed by atoms with Crippen LogP contribution in [-0.2, 0) is 14.8 Å². The Morgan fingerprint density at radius 2 is 1.92 bits per heavy atom. The number of aliphatic carboxylic acids is 1. The molecule has 1 aromatic rings. The zero-order chi connectivity index (χ0) is 17.9. The Balaban J connectivity index is 2.39. The average Bonchev–Trinajstić information content (AvgIpc) is 2.52. The monoisotopic (exact) mass is 355 g/mol. The number of piperidine rings is 1. The van der Waals surface area contributed by atoms with Gasteiger partial charge in [-0.15, -0.1) is 0 Å². The van der Waals surface area contributed by atoms with E-state index in [0.717, 1.165) is 12.8 Å². The maximum absolute atomic E-state index is 13.2. The van der Waals surface area contributed by atoms with Gasteiger partial charge in [0.25, 0.3) is 0 Å². The molecule has 1 aromatic carbocycles. The number of hydrogen-bond acceptors (Lipinski definition) is 4. The van der Waals surface area contributed by atoms with Crippen molar-refractivity contribution in [1.29, 1.82) is 0 Å². The number of sulfonamides is 1. The van der Waals surface area contributed by atoms with Crippen molar-refractivity contribution in [3.8, 4) is 5.75 Å². The number of rotatable bonds is 6. The van der Waals surface area contributed by atoms with Gasteiger partial charge in [-0.2, -0.15) is 4.31 Å². The van der Waals surface area contributed by atoms with Crippen molar-refractivity contribution in [2.24, 2.45) is 0 Å². The SMILES string of the molecule is COc1cc(C)c(S(=O)(=O)N2CCCCC2CCC(=O)O)c(C)c1. The van der Waals surface area contributed by atoms with Gasteiger partial charge >= 0.3 is 5.97 Å². The highest BCUT2D eigenvalue weighted by molar-refractivity contribution is 7.89. The van der Waals surface area contributed by atoms with Crippen LogP contribution in [0.2, 0.25) is 0 Å². The third kappa shape index (κ3) is 3.89. The molecule has 134 valence electrons. The molecule has 0 spiro atoms. The lowest BCUT2D eigenvalue weighted by Gasteiger charge is -2.35. The van der Waals surface area contributed by atoms with Gasteiger partial charge < -0.3 is 9.84 Å². The van der Waals surface area contributed by atoms with Crippen LogP contribution in [0.4, 0.5) is 0 Å². The highest BCUT2D eigenvalue weighted by atomic mass is 32.2. The lowest BCUT2D eigenvalue weighted by molar-refractivity contribution is -0.137. The van der Waals surface area contributed by atoms with Crippen LogP contribution in [0.1, 0.15) is 43.2 Å². The van der Waals surface area contributed by atoms with Crippen molar-refractivity contribution in [2.75, 3.05) is 13.7 Å². The third-order valence-electron chi connectivity index (χ3n) is 4.50. The van der Waals surface area contributed by atoms with Crippen molar-refractivity contribution in [2.45, 2.75) is 56.9 Å². The molecule has 1 fully saturated rings. The zero-order valence-electron chi connectivity index (χ0n) is 14.4. The second-order valence-corrected chi connectivity index (χ2v) is 8.12. The topological polar surface area (TPSA) is 83.9 Å². The second kappa shape index (κ2) is 7.53. The molecule has 2 rings (SSSR count). The van der Waals surface area contributed by atoms with E-state index in [2.05, 4.69) is 0 Å². The van der Waals surface area contributed by atoms with Gasteiger partial charge in [0, 0.05) is 19.0 Å². The van der Waals surface area contributed by atoms with Crippen molar-refractivity contribution >= 4 is 16.0 Å². The molecule has 1 atom stereocenters. The van der Waals surface area contributed by atoms with Gasteiger partial charge in [0.1, 0.15) is 5.75 Å². The van der Waals surface area contributed by atoms with Gasteiger partial charge in [0.2, 0.25) is 10.0 Å². The lowest BCUT2D eigenvalue weighted by atomic mass is 10.0. The van der Waals surface area contributed by atoms with E-state index in [9.17, 15) is 13.2 Å². The number of aryl methyl sites for hydroxylation is 2. The maximum atomic E-state index is 13.2. The molecule has 1 N–H and O–H groups in total. The molecule has 1 heterocycles. The van der Waals surface area contributed by atoms with Crippen LogP contribution >= 0.6 is 0 Å². The summed E-state index contributed by atoms with van der Waals surface area (Å²) >= 11 is 0. The van der Waals surface area contributed by atoms with Gasteiger partial charge in [-0.3, -0.25) is 4.79 Å². The van der Waals surface area contributed by atoms with Gasteiger partial charge in [-0.05, 0) is 56.4 Å². The maximum Gasteiger partial charge on any atom is 0.303 e. The molecule has 6 nitrogen and oxygen atoms in total. The molecule has 0 aliphatic carbocycles. The smallest absolute Gasteiger partial charge is 0.303 e. The molecule has 0 saturated carbocycles. The van der Waals surface area contributed by atoms with E-state index in [4.69, 9.17) is 9.84 Å². The molecule has 24 heavy (non-hydrogen) atoms. The van der Waals surface area contributed by atoms with E-state index < -0.39 is 16.0 Å². The number of carboxylic acid groups (broad SMARTS) is 1. The Morgan fingerprint density at radius 1 is 1.29 bits per heavy atom. The lowest BCUT2D eigenvalue weighted by Crippen LogP contribution is -2.44. The quantitative estimate of drug-likeness (QED) is 0.848. The molecule has 0 aromatic heterocycles. The molecule has 1 aliphatic rings. The van der Waals surface area contributed by atoms with Crippen LogP contribution in [0.15, 0.2) is 17.0 Å². The Labute approximate surface area is 143 Å². The molecule has 0 bridgehead atoms. The van der Waals surface area contributed by atoms with E-state index in [0.29, 0.717) is 41.2 Å². The third-order valence-corrected chi connectivity index (χ3v) is 6.76. The largest absolute Gasteiger partial charge is 0.497 e. The fraction of sp³-hybridized carbons (Fsp3) is 0.588. The Kier molecular flexibility index (Phi) is 5.87. The standard InChI is InChI=1S/C17H25NO5S/c1-12-10-15(23-3)11-13(2)17(12)24(21,22)18-9-5-4-6-14(18)7-8-16(19)20/h10-11,14H,4-9H2,1-3H3,(H,19,20). The summed E-state index contributed by atoms with van der Waals surface area (Å²) in [5.74, 6) is -0.264. The number of methoxy groups -OCH3 is 1. The average molecular weight is 355 g/mol. The van der Waals surface area contributed by atoms with Gasteiger partial charge in [0.15, 0.2) is 0 Å². The first-order valence-electron chi connectivity index (χ1n) is 8.16. The van der Waals surface area contributed by atoms with Crippen molar-refractivity contribution in [3.63, 3.8) is 0 Å². The molecule has 7 heteroatoms. The molecule has 1 aliphatic heterocycles. The highest BCUT2D eigenvalue weighted by Crippen LogP contribution is 2.32. The van der Waals surface area contributed by atoms with Crippen LogP contribution < -0.4 is 4.74 Å². The van der Waals surface area contributed by atoms with Crippen LogP contribution in [0.25, 0.3) is 0 Å². The number of ether oxygens (including phenoxy) is 1. The van der Waals surface area contributed by atoms with E-state index >= 15 is 0 Å². The highest BCUT2D eigenvalue weighted by Gasteiger charge is 2.35. The van der Waals surface area contributed by atoms with Gasteiger partial charge in [-0.1, -0.05) is 6.42 Å². The van der Waals surface area contributed by atoms with Crippen LogP contribution in [-0.4, -0.2) is 43.5 Å². The number of benzene rings is 1. The summed E-state index contributed by atoms with van der Waals surface area (Å²) in [5, 5.41) is 8.91. The number of carbonyl (C=O) groups is 1. The number of nitrogens with zero attached hydrogens (tertiary/aromatic N) is 1. The predicted molar refractivity (Wildman–Crippen MR) is 90.9 cm³/mol. The van der Waals surface area contributed by atoms with E-state index in [1.807, 2.05) is 0 Å². The summed E-state index contributed by atoms with van der Waals surface area (Å²) in [6.07, 6.45) is 2.77. The Morgan fingerprint density at radius 3 is 2.46 bits per heavy atom. The number of carboxylic acids is 1. The second-order valence-electron chi connectivity index (χ2n) is 6.29. The minimum atomic E-state index is -3.66. The van der Waals surface area contributed by atoms with E-state index in [1.165, 1.54) is 4.31 Å². The molecule has 1 saturated heterocycles. The number of hydrogen-bond donors (Lipinski definition) is 1. The first-order valence-corrected chi connectivity index (χ1v) is 9.60. The Bertz CT molecular complexity index is 691. The van der Waals surface area contributed by atoms with Crippen LogP contribution in [0, 0.1) is 13.8 Å². The zero-order valence-corrected chi connectivity index (χ0v) is 15.2. The van der Waals surface area contributed by atoms with Crippen molar-refractivity contribution < 1.29 is 23.1 Å². The fourth-order valence-electron chi connectivity index (χ4n) is 3.42. The van der Waals surface area contributed by atoms with Gasteiger partial charge in [-0.25, -0.2) is 8.42 Å². The summed E-state index contributed by atoms with van der Waals surface area (Å²) < 4.78 is 33.1. The molecule has 0 amide bonds. The molecular weight excluding hydrogens is 330 g/mol. The summed E-state index contributed by atoms with van der Waals surface area (Å²) in [7, 11) is -2.11. The molecular formula is C17H25NO5S. The van der Waals surface area contributed by atoms with E-state index in [1.54, 1.807) is 33.1 Å². The van der Waals surface area contributed by atoms with Crippen molar-refractivity contribution in [3.05, 3.63) is 23.3 Å². The minimum Gasteiger partial charge on any atom is -0.497 e. The van der Waals surface area contributed by atoms with Crippen molar-refractivity contribution in [1.82, 2.24) is 4.31 Å². The first kappa shape index (κ1) is 18.7. The minimum absolute atomic E-state index is 0.0166. The van der Waals surface area contributed by atoms with Crippen LogP contribution in [0.5, 0.6) is 5.75 Å². The Hall–Kier alpha value is -1.60. The molecule has 0 radical (unpaired) electrons. The summed E-state index contributed by atoms with van der Waals surface area (Å²) in [4.78, 5) is 11.2. The van der Waals surface area contributed by atoms with Crippen LogP contribution in [0.3, 0.4) is 0 Å². The van der Waals surface area contributed by atoms with E-state index in [-0.39, 0.29) is 12.5 Å². The summed E-state index contributed by atoms with van der Waals surface area (Å²) in [5.41, 5.74) is 1.30.